The zero-order valence-electron chi connectivity index (χ0n) is 18.6. The highest BCUT2D eigenvalue weighted by Crippen LogP contribution is 2.25. The van der Waals surface area contributed by atoms with Gasteiger partial charge < -0.3 is 14.9 Å². The van der Waals surface area contributed by atoms with Gasteiger partial charge in [-0.15, -0.1) is 0 Å². The molecular weight excluding hydrogens is 482 g/mol. The van der Waals surface area contributed by atoms with Crippen molar-refractivity contribution < 1.29 is 27.9 Å². The maximum absolute atomic E-state index is 13.0. The third kappa shape index (κ3) is 4.75. The molecule has 2 aliphatic rings. The van der Waals surface area contributed by atoms with E-state index in [1.54, 1.807) is 31.2 Å². The molecule has 4 rings (SSSR count). The van der Waals surface area contributed by atoms with E-state index in [9.17, 15) is 27.9 Å². The van der Waals surface area contributed by atoms with Crippen LogP contribution < -0.4 is 4.72 Å². The Morgan fingerprint density at radius 1 is 1.09 bits per heavy atom. The first kappa shape index (κ1) is 24.4. The summed E-state index contributed by atoms with van der Waals surface area (Å²) in [6.07, 6.45) is 2.02. The van der Waals surface area contributed by atoms with Gasteiger partial charge in [-0.3, -0.25) is 9.59 Å². The highest BCUT2D eigenvalue weighted by Gasteiger charge is 2.42. The molecule has 2 fully saturated rings. The molecule has 0 aromatic heterocycles. The third-order valence-corrected chi connectivity index (χ3v) is 8.22. The van der Waals surface area contributed by atoms with Gasteiger partial charge in [0.15, 0.2) is 0 Å². The van der Waals surface area contributed by atoms with Crippen molar-refractivity contribution in [3.63, 3.8) is 0 Å². The van der Waals surface area contributed by atoms with Gasteiger partial charge in [0.2, 0.25) is 21.8 Å². The van der Waals surface area contributed by atoms with Crippen LogP contribution in [0.15, 0.2) is 41.3 Å². The molecule has 3 atom stereocenters. The highest BCUT2D eigenvalue weighted by molar-refractivity contribution is 7.89. The van der Waals surface area contributed by atoms with E-state index in [0.717, 1.165) is 11.8 Å². The summed E-state index contributed by atoms with van der Waals surface area (Å²) >= 11 is 5.98. The number of sulfonamides is 1. The van der Waals surface area contributed by atoms with Gasteiger partial charge in [-0.1, -0.05) is 23.7 Å². The summed E-state index contributed by atoms with van der Waals surface area (Å²) in [6.45, 7) is 2.07. The average Bonchev–Trinajstić information content (AvgIpc) is 3.16. The van der Waals surface area contributed by atoms with Crippen molar-refractivity contribution in [2.24, 2.45) is 0 Å². The number of aliphatic carboxylic acids is 1. The number of carbonyl (C=O) groups excluding carboxylic acids is 2. The van der Waals surface area contributed by atoms with Crippen molar-refractivity contribution >= 4 is 50.2 Å². The van der Waals surface area contributed by atoms with Crippen molar-refractivity contribution in [3.05, 3.63) is 41.4 Å². The number of nitrogens with zero attached hydrogens (tertiary/aromatic N) is 2. The molecule has 0 saturated carbocycles. The van der Waals surface area contributed by atoms with Crippen molar-refractivity contribution in [1.29, 1.82) is 0 Å². The molecule has 2 heterocycles. The van der Waals surface area contributed by atoms with E-state index in [1.165, 1.54) is 21.9 Å². The second-order valence-electron chi connectivity index (χ2n) is 8.70. The van der Waals surface area contributed by atoms with E-state index in [2.05, 4.69) is 4.72 Å². The largest absolute Gasteiger partial charge is 0.480 e. The number of amides is 2. The first-order valence-electron chi connectivity index (χ1n) is 11.1. The van der Waals surface area contributed by atoms with Gasteiger partial charge in [0.1, 0.15) is 18.1 Å². The van der Waals surface area contributed by atoms with E-state index in [1.807, 2.05) is 0 Å². The number of carbonyl (C=O) groups is 3. The van der Waals surface area contributed by atoms with Crippen LogP contribution in [-0.4, -0.2) is 72.3 Å². The molecule has 0 radical (unpaired) electrons. The van der Waals surface area contributed by atoms with Crippen LogP contribution in [0.3, 0.4) is 0 Å². The van der Waals surface area contributed by atoms with E-state index in [0.29, 0.717) is 29.8 Å². The normalized spacial score (nSPS) is 22.2. The number of benzene rings is 2. The second kappa shape index (κ2) is 9.52. The second-order valence-corrected chi connectivity index (χ2v) is 10.9. The number of carboxylic acid groups (broad SMARTS) is 1. The van der Waals surface area contributed by atoms with E-state index in [-0.39, 0.29) is 17.9 Å². The minimum atomic E-state index is -3.99. The first-order valence-corrected chi connectivity index (χ1v) is 13.0. The van der Waals surface area contributed by atoms with Gasteiger partial charge >= 0.3 is 5.97 Å². The quantitative estimate of drug-likeness (QED) is 0.618. The summed E-state index contributed by atoms with van der Waals surface area (Å²) in [7, 11) is -3.99. The lowest BCUT2D eigenvalue weighted by molar-refractivity contribution is -0.155. The van der Waals surface area contributed by atoms with Crippen molar-refractivity contribution in [3.8, 4) is 0 Å². The summed E-state index contributed by atoms with van der Waals surface area (Å²) in [5.74, 6) is -1.99. The average molecular weight is 508 g/mol. The number of likely N-dealkylation sites (tertiary alicyclic amines) is 2. The summed E-state index contributed by atoms with van der Waals surface area (Å²) in [5.41, 5.74) is 0. The zero-order chi connectivity index (χ0) is 24.6. The number of rotatable bonds is 6. The van der Waals surface area contributed by atoms with Gasteiger partial charge in [-0.25, -0.2) is 13.2 Å². The van der Waals surface area contributed by atoms with Crippen LogP contribution in [0, 0.1) is 0 Å². The molecule has 11 heteroatoms. The number of nitrogens with one attached hydrogen (secondary N) is 1. The maximum atomic E-state index is 13.0. The van der Waals surface area contributed by atoms with Gasteiger partial charge in [0, 0.05) is 18.1 Å². The SMILES string of the molecule is CC(C(=O)N1CCCCC1C(=O)O)N1CCC(NS(=O)(=O)c2ccc3cc(Cl)ccc3c2)C1=O. The van der Waals surface area contributed by atoms with E-state index < -0.39 is 45.9 Å². The Morgan fingerprint density at radius 3 is 2.53 bits per heavy atom. The molecule has 2 N–H and O–H groups in total. The molecule has 3 unspecified atom stereocenters. The van der Waals surface area contributed by atoms with Gasteiger partial charge in [0.25, 0.3) is 0 Å². The van der Waals surface area contributed by atoms with Gasteiger partial charge in [-0.05, 0) is 67.6 Å². The van der Waals surface area contributed by atoms with Crippen molar-refractivity contribution in [2.75, 3.05) is 13.1 Å². The summed E-state index contributed by atoms with van der Waals surface area (Å²) in [5, 5.41) is 11.5. The lowest BCUT2D eigenvalue weighted by atomic mass is 10.0. The lowest BCUT2D eigenvalue weighted by Gasteiger charge is -2.36. The summed E-state index contributed by atoms with van der Waals surface area (Å²) in [4.78, 5) is 40.3. The predicted molar refractivity (Wildman–Crippen MR) is 126 cm³/mol. The Bertz CT molecular complexity index is 1250. The number of piperidine rings is 1. The molecule has 9 nitrogen and oxygen atoms in total. The first-order chi connectivity index (χ1) is 16.1. The number of carboxylic acids is 1. The monoisotopic (exact) mass is 507 g/mol. The Hall–Kier alpha value is -2.69. The molecule has 0 aliphatic carbocycles. The van der Waals surface area contributed by atoms with E-state index >= 15 is 0 Å². The molecule has 2 aliphatic heterocycles. The fourth-order valence-corrected chi connectivity index (χ4v) is 6.08. The summed E-state index contributed by atoms with van der Waals surface area (Å²) in [6, 6.07) is 6.95. The number of hydrogen-bond donors (Lipinski definition) is 2. The van der Waals surface area contributed by atoms with Crippen LogP contribution in [0.4, 0.5) is 0 Å². The van der Waals surface area contributed by atoms with Crippen LogP contribution in [0.2, 0.25) is 5.02 Å². The molecule has 2 saturated heterocycles. The van der Waals surface area contributed by atoms with Crippen LogP contribution in [0.1, 0.15) is 32.6 Å². The van der Waals surface area contributed by atoms with Crippen LogP contribution >= 0.6 is 11.6 Å². The maximum Gasteiger partial charge on any atom is 0.326 e. The standard InChI is InChI=1S/C23H26ClN3O6S/c1-14(21(28)27-10-3-2-4-20(27)23(30)31)26-11-9-19(22(26)29)25-34(32,33)18-8-6-15-12-17(24)7-5-16(15)13-18/h5-8,12-14,19-20,25H,2-4,9-11H2,1H3,(H,30,31). The zero-order valence-corrected chi connectivity index (χ0v) is 20.2. The van der Waals surface area contributed by atoms with E-state index in [4.69, 9.17) is 11.6 Å². The Balaban J connectivity index is 1.47. The van der Waals surface area contributed by atoms with Gasteiger partial charge in [-0.2, -0.15) is 4.72 Å². The van der Waals surface area contributed by atoms with Crippen LogP contribution in [0.5, 0.6) is 0 Å². The topological polar surface area (TPSA) is 124 Å². The molecule has 0 spiro atoms. The Labute approximate surface area is 202 Å². The predicted octanol–water partition coefficient (Wildman–Crippen LogP) is 2.23. The van der Waals surface area contributed by atoms with Crippen molar-refractivity contribution in [1.82, 2.24) is 14.5 Å². The highest BCUT2D eigenvalue weighted by atomic mass is 35.5. The number of hydrogen-bond acceptors (Lipinski definition) is 5. The van der Waals surface area contributed by atoms with Gasteiger partial charge in [0.05, 0.1) is 4.90 Å². The minimum absolute atomic E-state index is 0.0234. The molecule has 182 valence electrons. The molecule has 2 amide bonds. The summed E-state index contributed by atoms with van der Waals surface area (Å²) < 4.78 is 28.4. The molecule has 2 aromatic rings. The Morgan fingerprint density at radius 2 is 1.79 bits per heavy atom. The fourth-order valence-electron chi connectivity index (χ4n) is 4.64. The third-order valence-electron chi connectivity index (χ3n) is 6.52. The fraction of sp³-hybridized carbons (Fsp3) is 0.435. The smallest absolute Gasteiger partial charge is 0.326 e. The molecule has 0 bridgehead atoms. The number of fused-ring (bicyclic) bond motifs is 1. The van der Waals surface area contributed by atoms with Crippen LogP contribution in [0.25, 0.3) is 10.8 Å². The molecule has 34 heavy (non-hydrogen) atoms. The molecule has 2 aromatic carbocycles. The Kier molecular flexibility index (Phi) is 6.84. The van der Waals surface area contributed by atoms with Crippen molar-refractivity contribution in [2.45, 2.75) is 55.6 Å². The lowest BCUT2D eigenvalue weighted by Crippen LogP contribution is -2.55. The molecular formula is C23H26ClN3O6S. The van der Waals surface area contributed by atoms with Crippen LogP contribution in [-0.2, 0) is 24.4 Å². The minimum Gasteiger partial charge on any atom is -0.480 e. The number of halogens is 1.